The molecule has 1 aromatic carbocycles. The summed E-state index contributed by atoms with van der Waals surface area (Å²) in [6.07, 6.45) is 1.15. The molecule has 0 aliphatic heterocycles. The molecule has 98 valence electrons. The van der Waals surface area contributed by atoms with Crippen LogP contribution in [0, 0.1) is 0 Å². The van der Waals surface area contributed by atoms with Crippen LogP contribution in [0.3, 0.4) is 0 Å². The van der Waals surface area contributed by atoms with Gasteiger partial charge in [-0.1, -0.05) is 18.7 Å². The normalized spacial score (nSPS) is 10.9. The molecule has 0 unspecified atom stereocenters. The first kappa shape index (κ1) is 14.7. The molecule has 1 rings (SSSR count). The van der Waals surface area contributed by atoms with Gasteiger partial charge in [0.1, 0.15) is 0 Å². The standard InChI is InChI=1S/C12H14ClNO3S/c1-2-12(15)14-11-5-3-4-10(8-11)9-18(16,17)7-6-13/h2-5,8H,1,6-7,9H2,(H,14,15). The number of carbonyl (C=O) groups excluding carboxylic acids is 1. The van der Waals surface area contributed by atoms with Crippen LogP contribution in [0.4, 0.5) is 5.69 Å². The molecule has 6 heteroatoms. The van der Waals surface area contributed by atoms with Crippen LogP contribution in [0.25, 0.3) is 0 Å². The number of hydrogen-bond donors (Lipinski definition) is 1. The van der Waals surface area contributed by atoms with Gasteiger partial charge in [-0.15, -0.1) is 11.6 Å². The molecule has 0 aromatic heterocycles. The molecule has 0 atom stereocenters. The van der Waals surface area contributed by atoms with Crippen LogP contribution in [0.2, 0.25) is 0 Å². The molecule has 0 bridgehead atoms. The Balaban J connectivity index is 2.82. The Morgan fingerprint density at radius 1 is 1.44 bits per heavy atom. The quantitative estimate of drug-likeness (QED) is 0.643. The maximum absolute atomic E-state index is 11.6. The second-order valence-electron chi connectivity index (χ2n) is 3.67. The van der Waals surface area contributed by atoms with Crippen LogP contribution in [-0.2, 0) is 20.4 Å². The summed E-state index contributed by atoms with van der Waals surface area (Å²) in [5.74, 6) is -0.402. The minimum Gasteiger partial charge on any atom is -0.323 e. The largest absolute Gasteiger partial charge is 0.323 e. The van der Waals surface area contributed by atoms with Gasteiger partial charge in [-0.05, 0) is 23.8 Å². The lowest BCUT2D eigenvalue weighted by atomic mass is 10.2. The van der Waals surface area contributed by atoms with Gasteiger partial charge in [0.2, 0.25) is 5.91 Å². The minimum absolute atomic E-state index is 0.0577. The molecular weight excluding hydrogens is 274 g/mol. The van der Waals surface area contributed by atoms with Crippen molar-refractivity contribution in [2.24, 2.45) is 0 Å². The van der Waals surface area contributed by atoms with E-state index in [4.69, 9.17) is 11.6 Å². The number of amides is 1. The van der Waals surface area contributed by atoms with E-state index in [0.29, 0.717) is 11.3 Å². The SMILES string of the molecule is C=CC(=O)Nc1cccc(CS(=O)(=O)CCCl)c1. The van der Waals surface area contributed by atoms with Crippen LogP contribution in [-0.4, -0.2) is 26.0 Å². The molecule has 1 aromatic rings. The van der Waals surface area contributed by atoms with Crippen molar-refractivity contribution in [2.75, 3.05) is 16.9 Å². The van der Waals surface area contributed by atoms with Gasteiger partial charge < -0.3 is 5.32 Å². The smallest absolute Gasteiger partial charge is 0.247 e. The Labute approximate surface area is 112 Å². The number of benzene rings is 1. The number of carbonyl (C=O) groups is 1. The van der Waals surface area contributed by atoms with Crippen molar-refractivity contribution in [3.63, 3.8) is 0 Å². The summed E-state index contributed by atoms with van der Waals surface area (Å²) in [6, 6.07) is 6.67. The van der Waals surface area contributed by atoms with Gasteiger partial charge in [-0.25, -0.2) is 8.42 Å². The molecule has 0 saturated heterocycles. The first-order valence-corrected chi connectivity index (χ1v) is 7.61. The van der Waals surface area contributed by atoms with Gasteiger partial charge in [0.25, 0.3) is 0 Å². The van der Waals surface area contributed by atoms with Crippen molar-refractivity contribution in [3.05, 3.63) is 42.5 Å². The summed E-state index contributed by atoms with van der Waals surface area (Å²) in [4.78, 5) is 11.1. The van der Waals surface area contributed by atoms with Crippen LogP contribution in [0.1, 0.15) is 5.56 Å². The Bertz CT molecular complexity index is 540. The molecule has 4 nitrogen and oxygen atoms in total. The molecule has 0 fully saturated rings. The maximum atomic E-state index is 11.6. The minimum atomic E-state index is -3.20. The van der Waals surface area contributed by atoms with Crippen molar-refractivity contribution < 1.29 is 13.2 Å². The van der Waals surface area contributed by atoms with Gasteiger partial charge in [0.15, 0.2) is 9.84 Å². The zero-order valence-corrected chi connectivity index (χ0v) is 11.3. The van der Waals surface area contributed by atoms with Crippen LogP contribution < -0.4 is 5.32 Å². The van der Waals surface area contributed by atoms with E-state index >= 15 is 0 Å². The predicted molar refractivity (Wildman–Crippen MR) is 73.5 cm³/mol. The van der Waals surface area contributed by atoms with Crippen molar-refractivity contribution in [3.8, 4) is 0 Å². The third kappa shape index (κ3) is 4.89. The Morgan fingerprint density at radius 2 is 2.17 bits per heavy atom. The molecular formula is C12H14ClNO3S. The van der Waals surface area contributed by atoms with Gasteiger partial charge in [-0.3, -0.25) is 4.79 Å². The van der Waals surface area contributed by atoms with E-state index in [1.54, 1.807) is 24.3 Å². The number of nitrogens with one attached hydrogen (secondary N) is 1. The van der Waals surface area contributed by atoms with Crippen LogP contribution in [0.15, 0.2) is 36.9 Å². The summed E-state index contributed by atoms with van der Waals surface area (Å²) >= 11 is 5.42. The fraction of sp³-hybridized carbons (Fsp3) is 0.250. The summed E-state index contributed by atoms with van der Waals surface area (Å²) in [5, 5.41) is 2.57. The van der Waals surface area contributed by atoms with Gasteiger partial charge >= 0.3 is 0 Å². The second-order valence-corrected chi connectivity index (χ2v) is 6.24. The van der Waals surface area contributed by atoms with Crippen molar-refractivity contribution in [1.82, 2.24) is 0 Å². The fourth-order valence-electron chi connectivity index (χ4n) is 1.38. The third-order valence-electron chi connectivity index (χ3n) is 2.15. The molecule has 0 aliphatic carbocycles. The van der Waals surface area contributed by atoms with Gasteiger partial charge in [-0.2, -0.15) is 0 Å². The van der Waals surface area contributed by atoms with E-state index in [1.165, 1.54) is 0 Å². The molecule has 0 saturated carbocycles. The highest BCUT2D eigenvalue weighted by atomic mass is 35.5. The average molecular weight is 288 g/mol. The first-order valence-electron chi connectivity index (χ1n) is 5.25. The van der Waals surface area contributed by atoms with Crippen molar-refractivity contribution in [1.29, 1.82) is 0 Å². The summed E-state index contributed by atoms with van der Waals surface area (Å²) in [5.41, 5.74) is 1.15. The molecule has 0 spiro atoms. The molecule has 0 heterocycles. The molecule has 0 radical (unpaired) electrons. The lowest BCUT2D eigenvalue weighted by Crippen LogP contribution is -2.11. The van der Waals surface area contributed by atoms with Gasteiger partial charge in [0, 0.05) is 11.6 Å². The Morgan fingerprint density at radius 3 is 2.78 bits per heavy atom. The predicted octanol–water partition coefficient (Wildman–Crippen LogP) is 1.96. The number of hydrogen-bond acceptors (Lipinski definition) is 3. The van der Waals surface area contributed by atoms with E-state index in [0.717, 1.165) is 6.08 Å². The van der Waals surface area contributed by atoms with Crippen molar-refractivity contribution >= 4 is 33.0 Å². The van der Waals surface area contributed by atoms with E-state index in [2.05, 4.69) is 11.9 Å². The Hall–Kier alpha value is -1.33. The molecule has 0 aliphatic rings. The highest BCUT2D eigenvalue weighted by molar-refractivity contribution is 7.90. The van der Waals surface area contributed by atoms with Crippen LogP contribution in [0.5, 0.6) is 0 Å². The van der Waals surface area contributed by atoms with Crippen molar-refractivity contribution in [2.45, 2.75) is 5.75 Å². The maximum Gasteiger partial charge on any atom is 0.247 e. The number of rotatable bonds is 6. The molecule has 1 N–H and O–H groups in total. The molecule has 18 heavy (non-hydrogen) atoms. The first-order chi connectivity index (χ1) is 8.46. The second kappa shape index (κ2) is 6.56. The fourth-order valence-corrected chi connectivity index (χ4v) is 3.15. The monoisotopic (exact) mass is 287 g/mol. The summed E-state index contributed by atoms with van der Waals surface area (Å²) in [7, 11) is -3.20. The highest BCUT2D eigenvalue weighted by Gasteiger charge is 2.11. The van der Waals surface area contributed by atoms with Gasteiger partial charge in [0.05, 0.1) is 11.5 Å². The zero-order valence-electron chi connectivity index (χ0n) is 9.73. The lowest BCUT2D eigenvalue weighted by molar-refractivity contribution is -0.111. The number of sulfone groups is 1. The Kier molecular flexibility index (Phi) is 5.37. The number of halogens is 1. The number of alkyl halides is 1. The third-order valence-corrected chi connectivity index (χ3v) is 4.17. The topological polar surface area (TPSA) is 63.2 Å². The number of anilines is 1. The van der Waals surface area contributed by atoms with E-state index in [1.807, 2.05) is 0 Å². The lowest BCUT2D eigenvalue weighted by Gasteiger charge is -2.06. The summed E-state index contributed by atoms with van der Waals surface area (Å²) in [6.45, 7) is 3.34. The van der Waals surface area contributed by atoms with E-state index < -0.39 is 9.84 Å². The summed E-state index contributed by atoms with van der Waals surface area (Å²) < 4.78 is 23.2. The van der Waals surface area contributed by atoms with E-state index in [-0.39, 0.29) is 23.3 Å². The van der Waals surface area contributed by atoms with E-state index in [9.17, 15) is 13.2 Å². The molecule has 1 amide bonds. The highest BCUT2D eigenvalue weighted by Crippen LogP contribution is 2.14. The average Bonchev–Trinajstić information content (AvgIpc) is 2.28. The zero-order chi connectivity index (χ0) is 13.6. The van der Waals surface area contributed by atoms with Crippen LogP contribution >= 0.6 is 11.6 Å².